The summed E-state index contributed by atoms with van der Waals surface area (Å²) in [5, 5.41) is 1.92. The largest absolute Gasteiger partial charge is 0.294 e. The lowest BCUT2D eigenvalue weighted by atomic mass is 10.1. The third-order valence-corrected chi connectivity index (χ3v) is 4.54. The Labute approximate surface area is 119 Å². The molecule has 0 saturated heterocycles. The number of carbonyl (C=O) groups excluding carboxylic acids is 1. The monoisotopic (exact) mass is 376 g/mol. The molecule has 0 atom stereocenters. The Bertz CT molecular complexity index is 565. The number of carbonyl (C=O) groups is 1. The van der Waals surface area contributed by atoms with Crippen molar-refractivity contribution in [1.82, 2.24) is 0 Å². The summed E-state index contributed by atoms with van der Waals surface area (Å²) in [6.07, 6.45) is 0.303. The molecule has 2 rings (SSSR count). The van der Waals surface area contributed by atoms with Crippen molar-refractivity contribution in [1.29, 1.82) is 0 Å². The molecule has 1 nitrogen and oxygen atoms in total. The van der Waals surface area contributed by atoms with E-state index in [0.29, 0.717) is 16.5 Å². The molecule has 0 aliphatic carbocycles. The van der Waals surface area contributed by atoms with Gasteiger partial charge in [0.2, 0.25) is 0 Å². The molecule has 1 heterocycles. The molecule has 5 heteroatoms. The van der Waals surface area contributed by atoms with Gasteiger partial charge in [-0.2, -0.15) is 0 Å². The highest BCUT2D eigenvalue weighted by atomic mass is 79.9. The van der Waals surface area contributed by atoms with E-state index in [1.807, 2.05) is 11.4 Å². The van der Waals surface area contributed by atoms with Crippen molar-refractivity contribution >= 4 is 49.0 Å². The Morgan fingerprint density at radius 3 is 2.65 bits per heavy atom. The van der Waals surface area contributed by atoms with Crippen LogP contribution in [-0.4, -0.2) is 5.78 Å². The predicted octanol–water partition coefficient (Wildman–Crippen LogP) is 4.84. The van der Waals surface area contributed by atoms with Crippen LogP contribution in [0.1, 0.15) is 15.2 Å². The Balaban J connectivity index is 2.17. The van der Waals surface area contributed by atoms with Crippen LogP contribution in [0.15, 0.2) is 38.6 Å². The van der Waals surface area contributed by atoms with Crippen LogP contribution in [0.2, 0.25) is 0 Å². The van der Waals surface area contributed by atoms with E-state index >= 15 is 0 Å². The van der Waals surface area contributed by atoms with E-state index in [-0.39, 0.29) is 5.78 Å². The predicted molar refractivity (Wildman–Crippen MR) is 74.2 cm³/mol. The standard InChI is InChI=1S/C12H7Br2FOS/c13-8-4-9(17-6-8)5-12(16)7-1-2-10(14)11(15)3-7/h1-4,6H,5H2. The first-order valence-electron chi connectivity index (χ1n) is 4.77. The maximum absolute atomic E-state index is 13.3. The van der Waals surface area contributed by atoms with E-state index in [2.05, 4.69) is 31.9 Å². The Kier molecular flexibility index (Phi) is 4.12. The number of Topliss-reactive ketones (excluding diaryl/α,β-unsaturated/α-hetero) is 1. The normalized spacial score (nSPS) is 10.5. The fourth-order valence-electron chi connectivity index (χ4n) is 1.38. The molecule has 88 valence electrons. The molecule has 0 amide bonds. The molecule has 0 radical (unpaired) electrons. The molecular weight excluding hydrogens is 371 g/mol. The molecule has 0 spiro atoms. The maximum Gasteiger partial charge on any atom is 0.168 e. The van der Waals surface area contributed by atoms with Crippen molar-refractivity contribution < 1.29 is 9.18 Å². The SMILES string of the molecule is O=C(Cc1cc(Br)cs1)c1ccc(Br)c(F)c1. The summed E-state index contributed by atoms with van der Waals surface area (Å²) in [6.45, 7) is 0. The molecule has 0 aliphatic heterocycles. The van der Waals surface area contributed by atoms with Gasteiger partial charge in [-0.3, -0.25) is 4.79 Å². The van der Waals surface area contributed by atoms with Crippen LogP contribution in [0.3, 0.4) is 0 Å². The molecule has 1 aromatic heterocycles. The van der Waals surface area contributed by atoms with Crippen LogP contribution in [0.4, 0.5) is 4.39 Å². The van der Waals surface area contributed by atoms with Gasteiger partial charge in [0.05, 0.1) is 4.47 Å². The summed E-state index contributed by atoms with van der Waals surface area (Å²) >= 11 is 7.90. The van der Waals surface area contributed by atoms with E-state index in [1.54, 1.807) is 12.1 Å². The zero-order valence-electron chi connectivity index (χ0n) is 8.54. The van der Waals surface area contributed by atoms with Gasteiger partial charge >= 0.3 is 0 Å². The van der Waals surface area contributed by atoms with Crippen LogP contribution in [0, 0.1) is 5.82 Å². The average Bonchev–Trinajstić information content (AvgIpc) is 2.68. The van der Waals surface area contributed by atoms with E-state index in [1.165, 1.54) is 17.4 Å². The van der Waals surface area contributed by atoms with E-state index in [0.717, 1.165) is 9.35 Å². The third-order valence-electron chi connectivity index (χ3n) is 2.20. The maximum atomic E-state index is 13.3. The third kappa shape index (κ3) is 3.24. The molecular formula is C12H7Br2FOS. The summed E-state index contributed by atoms with van der Waals surface area (Å²) in [5.41, 5.74) is 0.398. The van der Waals surface area contributed by atoms with Crippen molar-refractivity contribution in [3.05, 3.63) is 54.8 Å². The Hall–Kier alpha value is -0.520. The van der Waals surface area contributed by atoms with Crippen LogP contribution in [0.25, 0.3) is 0 Å². The van der Waals surface area contributed by atoms with E-state index in [9.17, 15) is 9.18 Å². The van der Waals surface area contributed by atoms with Gasteiger partial charge in [-0.1, -0.05) is 6.07 Å². The number of hydrogen-bond acceptors (Lipinski definition) is 2. The van der Waals surface area contributed by atoms with Gasteiger partial charge in [-0.05, 0) is 50.1 Å². The smallest absolute Gasteiger partial charge is 0.168 e. The van der Waals surface area contributed by atoms with Gasteiger partial charge < -0.3 is 0 Å². The van der Waals surface area contributed by atoms with Crippen molar-refractivity contribution in [2.45, 2.75) is 6.42 Å². The zero-order chi connectivity index (χ0) is 12.4. The fourth-order valence-corrected chi connectivity index (χ4v) is 3.07. The highest BCUT2D eigenvalue weighted by Gasteiger charge is 2.10. The summed E-state index contributed by atoms with van der Waals surface area (Å²) < 4.78 is 14.6. The van der Waals surface area contributed by atoms with Crippen LogP contribution >= 0.6 is 43.2 Å². The topological polar surface area (TPSA) is 17.1 Å². The van der Waals surface area contributed by atoms with Gasteiger partial charge in [0, 0.05) is 26.7 Å². The Morgan fingerprint density at radius 2 is 2.06 bits per heavy atom. The van der Waals surface area contributed by atoms with Gasteiger partial charge in [0.15, 0.2) is 5.78 Å². The summed E-state index contributed by atoms with van der Waals surface area (Å²) in [5.74, 6) is -0.492. The quantitative estimate of drug-likeness (QED) is 0.699. The number of rotatable bonds is 3. The number of halogens is 3. The van der Waals surface area contributed by atoms with Gasteiger partial charge in [-0.25, -0.2) is 4.39 Å². The second-order valence-corrected chi connectivity index (χ2v) is 6.23. The molecule has 0 unspecified atom stereocenters. The molecule has 0 bridgehead atoms. The summed E-state index contributed by atoms with van der Waals surface area (Å²) in [4.78, 5) is 12.9. The first kappa shape index (κ1) is 12.9. The minimum absolute atomic E-state index is 0.0780. The van der Waals surface area contributed by atoms with Crippen molar-refractivity contribution in [2.24, 2.45) is 0 Å². The second-order valence-electron chi connectivity index (χ2n) is 3.46. The lowest BCUT2D eigenvalue weighted by Crippen LogP contribution is -2.02. The second kappa shape index (κ2) is 5.42. The number of hydrogen-bond donors (Lipinski definition) is 0. The lowest BCUT2D eigenvalue weighted by Gasteiger charge is -2.00. The van der Waals surface area contributed by atoms with Crippen LogP contribution in [0.5, 0.6) is 0 Å². The van der Waals surface area contributed by atoms with Crippen LogP contribution in [-0.2, 0) is 6.42 Å². The molecule has 0 N–H and O–H groups in total. The highest BCUT2D eigenvalue weighted by Crippen LogP contribution is 2.22. The molecule has 2 aromatic rings. The lowest BCUT2D eigenvalue weighted by molar-refractivity contribution is 0.0993. The number of thiophene rings is 1. The van der Waals surface area contributed by atoms with Gasteiger partial charge in [0.1, 0.15) is 5.82 Å². The van der Waals surface area contributed by atoms with Gasteiger partial charge in [0.25, 0.3) is 0 Å². The molecule has 0 aliphatic rings. The van der Waals surface area contributed by atoms with Gasteiger partial charge in [-0.15, -0.1) is 11.3 Å². The minimum atomic E-state index is -0.414. The van der Waals surface area contributed by atoms with Crippen LogP contribution < -0.4 is 0 Å². The first-order chi connectivity index (χ1) is 8.06. The minimum Gasteiger partial charge on any atom is -0.294 e. The Morgan fingerprint density at radius 1 is 1.29 bits per heavy atom. The molecule has 0 fully saturated rings. The number of ketones is 1. The van der Waals surface area contributed by atoms with E-state index < -0.39 is 5.82 Å². The van der Waals surface area contributed by atoms with Crippen molar-refractivity contribution in [2.75, 3.05) is 0 Å². The van der Waals surface area contributed by atoms with Crippen molar-refractivity contribution in [3.8, 4) is 0 Å². The van der Waals surface area contributed by atoms with Crippen molar-refractivity contribution in [3.63, 3.8) is 0 Å². The molecule has 1 aromatic carbocycles. The summed E-state index contributed by atoms with van der Waals surface area (Å²) in [6, 6.07) is 6.33. The molecule has 17 heavy (non-hydrogen) atoms. The van der Waals surface area contributed by atoms with E-state index in [4.69, 9.17) is 0 Å². The number of benzene rings is 1. The first-order valence-corrected chi connectivity index (χ1v) is 7.24. The zero-order valence-corrected chi connectivity index (χ0v) is 12.5. The fraction of sp³-hybridized carbons (Fsp3) is 0.0833. The summed E-state index contributed by atoms with van der Waals surface area (Å²) in [7, 11) is 0. The highest BCUT2D eigenvalue weighted by molar-refractivity contribution is 9.10. The molecule has 0 saturated carbocycles. The average molecular weight is 378 g/mol.